The first-order chi connectivity index (χ1) is 15.8. The third-order valence-corrected chi connectivity index (χ3v) is 7.51. The molecule has 0 saturated carbocycles. The molecule has 2 unspecified atom stereocenters. The molecule has 4 heterocycles. The number of pyridine rings is 2. The van der Waals surface area contributed by atoms with Crippen LogP contribution in [0.5, 0.6) is 0 Å². The number of nitrogens with one attached hydrogen (secondary N) is 1. The van der Waals surface area contributed by atoms with Gasteiger partial charge in [-0.3, -0.25) is 19.3 Å². The van der Waals surface area contributed by atoms with E-state index in [1.54, 1.807) is 40.1 Å². The average Bonchev–Trinajstić information content (AvgIpc) is 2.81. The van der Waals surface area contributed by atoms with Crippen LogP contribution < -0.4 is 10.3 Å². The molecule has 0 spiro atoms. The number of hydrogen-bond acceptors (Lipinski definition) is 5. The Balaban J connectivity index is 1.41. The predicted molar refractivity (Wildman–Crippen MR) is 119 cm³/mol. The van der Waals surface area contributed by atoms with Crippen molar-refractivity contribution in [3.8, 4) is 0 Å². The van der Waals surface area contributed by atoms with Crippen molar-refractivity contribution in [3.63, 3.8) is 0 Å². The normalized spacial score (nSPS) is 19.6. The number of rotatable bonds is 4. The van der Waals surface area contributed by atoms with E-state index in [1.165, 1.54) is 18.2 Å². The summed E-state index contributed by atoms with van der Waals surface area (Å²) in [5, 5.41) is 0. The zero-order chi connectivity index (χ0) is 23.2. The molecule has 8 nitrogen and oxygen atoms in total. The van der Waals surface area contributed by atoms with E-state index < -0.39 is 21.4 Å². The van der Waals surface area contributed by atoms with Gasteiger partial charge in [-0.1, -0.05) is 6.07 Å². The molecule has 2 aromatic heterocycles. The zero-order valence-electron chi connectivity index (χ0n) is 17.5. The van der Waals surface area contributed by atoms with Crippen LogP contribution in [0.1, 0.15) is 28.4 Å². The van der Waals surface area contributed by atoms with Gasteiger partial charge in [-0.05, 0) is 54.8 Å². The summed E-state index contributed by atoms with van der Waals surface area (Å²) in [4.78, 5) is 31.6. The molecule has 2 aliphatic heterocycles. The number of benzene rings is 1. The van der Waals surface area contributed by atoms with Gasteiger partial charge in [0.15, 0.2) is 0 Å². The summed E-state index contributed by atoms with van der Waals surface area (Å²) in [5.74, 6) is -0.726. The minimum Gasteiger partial charge on any atom is -0.338 e. The molecule has 170 valence electrons. The largest absolute Gasteiger partial charge is 0.338 e. The van der Waals surface area contributed by atoms with Gasteiger partial charge >= 0.3 is 0 Å². The lowest BCUT2D eigenvalue weighted by Crippen LogP contribution is -2.49. The third-order valence-electron chi connectivity index (χ3n) is 6.15. The maximum absolute atomic E-state index is 13.5. The summed E-state index contributed by atoms with van der Waals surface area (Å²) in [6.45, 7) is 1.37. The van der Waals surface area contributed by atoms with E-state index in [9.17, 15) is 22.4 Å². The number of nitrogens with zero attached hydrogens (tertiary/aromatic N) is 3. The van der Waals surface area contributed by atoms with Gasteiger partial charge in [0.25, 0.3) is 21.5 Å². The molecule has 2 aliphatic rings. The van der Waals surface area contributed by atoms with Gasteiger partial charge in [0, 0.05) is 43.6 Å². The van der Waals surface area contributed by atoms with Crippen LogP contribution in [-0.4, -0.2) is 41.9 Å². The second kappa shape index (κ2) is 8.11. The summed E-state index contributed by atoms with van der Waals surface area (Å²) in [6, 6.07) is 11.2. The molecule has 2 bridgehead atoms. The zero-order valence-corrected chi connectivity index (χ0v) is 18.3. The molecule has 33 heavy (non-hydrogen) atoms. The minimum absolute atomic E-state index is 0.0281. The number of halogens is 1. The minimum atomic E-state index is -4.12. The number of likely N-dealkylation sites (tertiary alicyclic amines) is 1. The van der Waals surface area contributed by atoms with Crippen LogP contribution in [0.3, 0.4) is 0 Å². The van der Waals surface area contributed by atoms with Gasteiger partial charge in [-0.25, -0.2) is 12.8 Å². The molecule has 5 rings (SSSR count). The molecule has 1 aromatic carbocycles. The Morgan fingerprint density at radius 2 is 1.94 bits per heavy atom. The molecular weight excluding hydrogens is 447 g/mol. The highest BCUT2D eigenvalue weighted by Gasteiger charge is 2.37. The molecule has 10 heteroatoms. The molecule has 1 amide bonds. The first kappa shape index (κ1) is 21.3. The Hall–Kier alpha value is -3.53. The number of fused-ring (bicyclic) bond motifs is 4. The number of sulfonamides is 1. The van der Waals surface area contributed by atoms with Gasteiger partial charge in [-0.15, -0.1) is 0 Å². The number of piperidine rings is 1. The van der Waals surface area contributed by atoms with E-state index in [-0.39, 0.29) is 28.3 Å². The molecule has 1 N–H and O–H groups in total. The Labute approximate surface area is 189 Å². The lowest BCUT2D eigenvalue weighted by molar-refractivity contribution is 0.0594. The highest BCUT2D eigenvalue weighted by atomic mass is 32.2. The number of carbonyl (C=O) groups is 1. The third kappa shape index (κ3) is 4.02. The van der Waals surface area contributed by atoms with Crippen molar-refractivity contribution in [1.82, 2.24) is 14.5 Å². The fourth-order valence-corrected chi connectivity index (χ4v) is 5.79. The van der Waals surface area contributed by atoms with E-state index in [4.69, 9.17) is 0 Å². The van der Waals surface area contributed by atoms with Gasteiger partial charge in [0.2, 0.25) is 0 Å². The standard InChI is InChI=1S/C23H21FN4O4S/c24-18-4-1-5-19(10-18)33(31,32)26-20-6-7-21-17-9-15(13-28(21)23(20)30)12-27(14-17)22(29)16-3-2-8-25-11-16/h1-8,10-11,15,17,26H,9,12-14H2. The van der Waals surface area contributed by atoms with Gasteiger partial charge in [0.05, 0.1) is 10.5 Å². The van der Waals surface area contributed by atoms with Crippen molar-refractivity contribution in [2.45, 2.75) is 23.8 Å². The van der Waals surface area contributed by atoms with Crippen LogP contribution in [-0.2, 0) is 16.6 Å². The lowest BCUT2D eigenvalue weighted by Gasteiger charge is -2.42. The van der Waals surface area contributed by atoms with Crippen molar-refractivity contribution in [3.05, 3.63) is 88.4 Å². The maximum Gasteiger partial charge on any atom is 0.275 e. The Bertz CT molecular complexity index is 1390. The SMILES string of the molecule is O=C(c1cccnc1)N1CC2CC(C1)c1ccc(NS(=O)(=O)c3cccc(F)c3)c(=O)n1C2. The molecule has 0 radical (unpaired) electrons. The van der Waals surface area contributed by atoms with E-state index in [0.29, 0.717) is 25.2 Å². The molecule has 2 atom stereocenters. The van der Waals surface area contributed by atoms with Crippen LogP contribution >= 0.6 is 0 Å². The van der Waals surface area contributed by atoms with E-state index in [1.807, 2.05) is 0 Å². The van der Waals surface area contributed by atoms with Gasteiger partial charge < -0.3 is 9.47 Å². The first-order valence-electron chi connectivity index (χ1n) is 10.5. The molecule has 1 fully saturated rings. The fourth-order valence-electron chi connectivity index (χ4n) is 4.70. The molecular formula is C23H21FN4O4S. The van der Waals surface area contributed by atoms with Crippen molar-refractivity contribution in [1.29, 1.82) is 0 Å². The van der Waals surface area contributed by atoms with Crippen LogP contribution in [0, 0.1) is 11.7 Å². The first-order valence-corrected chi connectivity index (χ1v) is 12.0. The quantitative estimate of drug-likeness (QED) is 0.634. The number of amides is 1. The van der Waals surface area contributed by atoms with Crippen molar-refractivity contribution < 1.29 is 17.6 Å². The number of hydrogen-bond donors (Lipinski definition) is 1. The van der Waals surface area contributed by atoms with Crippen LogP contribution in [0.2, 0.25) is 0 Å². The maximum atomic E-state index is 13.5. The molecule has 3 aromatic rings. The van der Waals surface area contributed by atoms with E-state index in [2.05, 4.69) is 9.71 Å². The van der Waals surface area contributed by atoms with Gasteiger partial charge in [0.1, 0.15) is 11.5 Å². The van der Waals surface area contributed by atoms with Crippen LogP contribution in [0.4, 0.5) is 10.1 Å². The second-order valence-corrected chi connectivity index (χ2v) is 10.1. The van der Waals surface area contributed by atoms with Crippen LogP contribution in [0.15, 0.2) is 70.6 Å². The summed E-state index contributed by atoms with van der Waals surface area (Å²) < 4.78 is 42.7. The van der Waals surface area contributed by atoms with E-state index >= 15 is 0 Å². The predicted octanol–water partition coefficient (Wildman–Crippen LogP) is 2.44. The van der Waals surface area contributed by atoms with Crippen molar-refractivity contribution in [2.24, 2.45) is 5.92 Å². The highest BCUT2D eigenvalue weighted by molar-refractivity contribution is 7.92. The van der Waals surface area contributed by atoms with Crippen molar-refractivity contribution in [2.75, 3.05) is 17.8 Å². The average molecular weight is 469 g/mol. The smallest absolute Gasteiger partial charge is 0.275 e. The Morgan fingerprint density at radius 1 is 1.09 bits per heavy atom. The van der Waals surface area contributed by atoms with E-state index in [0.717, 1.165) is 24.2 Å². The molecule has 0 aliphatic carbocycles. The van der Waals surface area contributed by atoms with Crippen LogP contribution in [0.25, 0.3) is 0 Å². The Kier molecular flexibility index (Phi) is 5.24. The molecule has 1 saturated heterocycles. The monoisotopic (exact) mass is 468 g/mol. The summed E-state index contributed by atoms with van der Waals surface area (Å²) >= 11 is 0. The van der Waals surface area contributed by atoms with Crippen molar-refractivity contribution >= 4 is 21.6 Å². The Morgan fingerprint density at radius 3 is 2.70 bits per heavy atom. The number of anilines is 1. The fraction of sp³-hybridized carbons (Fsp3) is 0.261. The topological polar surface area (TPSA) is 101 Å². The second-order valence-electron chi connectivity index (χ2n) is 8.40. The summed E-state index contributed by atoms with van der Waals surface area (Å²) in [6.07, 6.45) is 4.01. The summed E-state index contributed by atoms with van der Waals surface area (Å²) in [7, 11) is -4.12. The lowest BCUT2D eigenvalue weighted by atomic mass is 9.83. The number of carbonyl (C=O) groups excluding carboxylic acids is 1. The number of aromatic nitrogens is 2. The van der Waals surface area contributed by atoms with Gasteiger partial charge in [-0.2, -0.15) is 0 Å². The highest BCUT2D eigenvalue weighted by Crippen LogP contribution is 2.36. The summed E-state index contributed by atoms with van der Waals surface area (Å²) in [5.41, 5.74) is 0.756.